The molecule has 0 saturated carbocycles. The van der Waals surface area contributed by atoms with E-state index in [1.165, 1.54) is 5.56 Å². The Bertz CT molecular complexity index is 611. The Morgan fingerprint density at radius 2 is 1.96 bits per heavy atom. The van der Waals surface area contributed by atoms with E-state index in [0.29, 0.717) is 6.04 Å². The summed E-state index contributed by atoms with van der Waals surface area (Å²) in [5.74, 6) is 2.01. The maximum Gasteiger partial charge on any atom is 0.118 e. The van der Waals surface area contributed by atoms with Gasteiger partial charge in [-0.2, -0.15) is 0 Å². The van der Waals surface area contributed by atoms with Crippen molar-refractivity contribution < 1.29 is 9.52 Å². The van der Waals surface area contributed by atoms with Crippen LogP contribution in [0.5, 0.6) is 0 Å². The van der Waals surface area contributed by atoms with Crippen molar-refractivity contribution in [3.8, 4) is 0 Å². The number of nitrogens with zero attached hydrogens (tertiary/aromatic N) is 2. The Kier molecular flexibility index (Phi) is 6.07. The van der Waals surface area contributed by atoms with Gasteiger partial charge in [-0.05, 0) is 37.5 Å². The van der Waals surface area contributed by atoms with E-state index in [0.717, 1.165) is 57.1 Å². The van der Waals surface area contributed by atoms with Gasteiger partial charge in [-0.25, -0.2) is 0 Å². The number of benzene rings is 1. The Morgan fingerprint density at radius 1 is 1.12 bits per heavy atom. The predicted octanol–water partition coefficient (Wildman–Crippen LogP) is 2.70. The van der Waals surface area contributed by atoms with Crippen molar-refractivity contribution in [1.29, 1.82) is 0 Å². The average molecular weight is 328 g/mol. The lowest BCUT2D eigenvalue weighted by Gasteiger charge is -2.41. The third-order valence-electron chi connectivity index (χ3n) is 4.86. The molecule has 1 saturated heterocycles. The topological polar surface area (TPSA) is 39.9 Å². The van der Waals surface area contributed by atoms with Gasteiger partial charge in [-0.15, -0.1) is 0 Å². The maximum absolute atomic E-state index is 9.44. The highest BCUT2D eigenvalue weighted by molar-refractivity contribution is 5.15. The second-order valence-corrected chi connectivity index (χ2v) is 6.69. The Labute approximate surface area is 144 Å². The predicted molar refractivity (Wildman–Crippen MR) is 95.9 cm³/mol. The summed E-state index contributed by atoms with van der Waals surface area (Å²) in [7, 11) is 0. The summed E-state index contributed by atoms with van der Waals surface area (Å²) in [6, 6.07) is 15.2. The zero-order chi connectivity index (χ0) is 16.8. The Balaban J connectivity index is 1.54. The molecular weight excluding hydrogens is 300 g/mol. The molecule has 1 aromatic carbocycles. The molecule has 2 aromatic rings. The van der Waals surface area contributed by atoms with E-state index in [9.17, 15) is 5.11 Å². The van der Waals surface area contributed by atoms with Gasteiger partial charge >= 0.3 is 0 Å². The lowest BCUT2D eigenvalue weighted by atomic mass is 10.1. The number of furan rings is 1. The van der Waals surface area contributed by atoms with Gasteiger partial charge in [0.15, 0.2) is 0 Å². The fourth-order valence-electron chi connectivity index (χ4n) is 3.53. The minimum Gasteiger partial charge on any atom is -0.465 e. The second kappa shape index (κ2) is 8.47. The lowest BCUT2D eigenvalue weighted by molar-refractivity contribution is 0.0528. The molecule has 1 aliphatic heterocycles. The Hall–Kier alpha value is -1.62. The highest BCUT2D eigenvalue weighted by Gasteiger charge is 2.26. The molecule has 4 heteroatoms. The molecule has 0 aliphatic carbocycles. The molecule has 0 spiro atoms. The summed E-state index contributed by atoms with van der Waals surface area (Å²) in [4.78, 5) is 4.98. The van der Waals surface area contributed by atoms with Crippen molar-refractivity contribution in [2.45, 2.75) is 32.4 Å². The largest absolute Gasteiger partial charge is 0.465 e. The highest BCUT2D eigenvalue weighted by Crippen LogP contribution is 2.17. The van der Waals surface area contributed by atoms with E-state index >= 15 is 0 Å². The first-order valence-electron chi connectivity index (χ1n) is 8.91. The molecule has 0 bridgehead atoms. The summed E-state index contributed by atoms with van der Waals surface area (Å²) in [6.07, 6.45) is 1.91. The van der Waals surface area contributed by atoms with E-state index in [-0.39, 0.29) is 6.61 Å². The fourth-order valence-corrected chi connectivity index (χ4v) is 3.53. The van der Waals surface area contributed by atoms with Gasteiger partial charge in [0.1, 0.15) is 11.5 Å². The van der Waals surface area contributed by atoms with Crippen LogP contribution in [0.1, 0.15) is 23.5 Å². The van der Waals surface area contributed by atoms with Crippen LogP contribution in [-0.4, -0.2) is 53.7 Å². The first-order valence-corrected chi connectivity index (χ1v) is 8.91. The van der Waals surface area contributed by atoms with Crippen molar-refractivity contribution in [3.63, 3.8) is 0 Å². The molecule has 4 nitrogen and oxygen atoms in total. The first kappa shape index (κ1) is 17.2. The molecule has 1 atom stereocenters. The van der Waals surface area contributed by atoms with E-state index in [2.05, 4.69) is 46.2 Å². The summed E-state index contributed by atoms with van der Waals surface area (Å²) >= 11 is 0. The number of hydrogen-bond donors (Lipinski definition) is 1. The monoisotopic (exact) mass is 328 g/mol. The van der Waals surface area contributed by atoms with Crippen molar-refractivity contribution in [2.75, 3.05) is 32.8 Å². The van der Waals surface area contributed by atoms with E-state index in [4.69, 9.17) is 4.42 Å². The molecule has 24 heavy (non-hydrogen) atoms. The van der Waals surface area contributed by atoms with Crippen LogP contribution in [0.3, 0.4) is 0 Å². The lowest BCUT2D eigenvalue weighted by Crippen LogP contribution is -2.53. The van der Waals surface area contributed by atoms with Crippen LogP contribution < -0.4 is 0 Å². The van der Waals surface area contributed by atoms with Gasteiger partial charge in [-0.3, -0.25) is 9.80 Å². The third kappa shape index (κ3) is 4.69. The molecule has 1 aliphatic rings. The third-order valence-corrected chi connectivity index (χ3v) is 4.86. The first-order chi connectivity index (χ1) is 11.7. The van der Waals surface area contributed by atoms with Crippen LogP contribution in [0.25, 0.3) is 0 Å². The molecule has 1 aromatic heterocycles. The maximum atomic E-state index is 9.44. The van der Waals surface area contributed by atoms with E-state index in [1.807, 2.05) is 13.0 Å². The van der Waals surface area contributed by atoms with Gasteiger partial charge in [0.05, 0.1) is 6.54 Å². The molecule has 0 amide bonds. The van der Waals surface area contributed by atoms with Crippen LogP contribution in [0.15, 0.2) is 46.9 Å². The smallest absolute Gasteiger partial charge is 0.118 e. The molecule has 0 radical (unpaired) electrons. The highest BCUT2D eigenvalue weighted by atomic mass is 16.3. The van der Waals surface area contributed by atoms with Crippen LogP contribution in [-0.2, 0) is 13.0 Å². The summed E-state index contributed by atoms with van der Waals surface area (Å²) in [6.45, 7) is 7.26. The molecule has 0 unspecified atom stereocenters. The van der Waals surface area contributed by atoms with Crippen LogP contribution in [0.4, 0.5) is 0 Å². The standard InChI is InChI=1S/C20H28N2O2/c1-17-7-8-20(24-17)16-21-12-13-22(19(15-21)10-14-23)11-9-18-5-3-2-4-6-18/h2-8,19,23H,9-16H2,1H3/t19-/m1/s1. The van der Waals surface area contributed by atoms with Gasteiger partial charge in [0, 0.05) is 38.8 Å². The van der Waals surface area contributed by atoms with Crippen molar-refractivity contribution >= 4 is 0 Å². The normalized spacial score (nSPS) is 19.7. The number of hydrogen-bond acceptors (Lipinski definition) is 4. The molecule has 130 valence electrons. The van der Waals surface area contributed by atoms with E-state index < -0.39 is 0 Å². The zero-order valence-corrected chi connectivity index (χ0v) is 14.5. The molecular formula is C20H28N2O2. The quantitative estimate of drug-likeness (QED) is 0.848. The van der Waals surface area contributed by atoms with Crippen molar-refractivity contribution in [1.82, 2.24) is 9.80 Å². The number of rotatable bonds is 7. The molecule has 3 rings (SSSR count). The van der Waals surface area contributed by atoms with Crippen LogP contribution >= 0.6 is 0 Å². The van der Waals surface area contributed by atoms with Gasteiger partial charge in [0.25, 0.3) is 0 Å². The number of aliphatic hydroxyl groups is 1. The Morgan fingerprint density at radius 3 is 2.67 bits per heavy atom. The molecule has 1 fully saturated rings. The summed E-state index contributed by atoms with van der Waals surface area (Å²) in [5, 5.41) is 9.44. The van der Waals surface area contributed by atoms with Gasteiger partial charge in [-0.1, -0.05) is 30.3 Å². The molecule has 2 heterocycles. The molecule has 1 N–H and O–H groups in total. The average Bonchev–Trinajstić information content (AvgIpc) is 3.00. The number of aliphatic hydroxyl groups excluding tert-OH is 1. The minimum atomic E-state index is 0.250. The van der Waals surface area contributed by atoms with Crippen molar-refractivity contribution in [2.24, 2.45) is 0 Å². The minimum absolute atomic E-state index is 0.250. The zero-order valence-electron chi connectivity index (χ0n) is 14.5. The summed E-state index contributed by atoms with van der Waals surface area (Å²) in [5.41, 5.74) is 1.38. The van der Waals surface area contributed by atoms with Gasteiger partial charge < -0.3 is 9.52 Å². The van der Waals surface area contributed by atoms with Crippen LogP contribution in [0, 0.1) is 6.92 Å². The fraction of sp³-hybridized carbons (Fsp3) is 0.500. The number of aryl methyl sites for hydroxylation is 1. The second-order valence-electron chi connectivity index (χ2n) is 6.69. The number of piperazine rings is 1. The SMILES string of the molecule is Cc1ccc(CN2CCN(CCc3ccccc3)[C@H](CCO)C2)o1. The van der Waals surface area contributed by atoms with Gasteiger partial charge in [0.2, 0.25) is 0 Å². The van der Waals surface area contributed by atoms with Crippen molar-refractivity contribution in [3.05, 3.63) is 59.5 Å². The van der Waals surface area contributed by atoms with Crippen LogP contribution in [0.2, 0.25) is 0 Å². The van der Waals surface area contributed by atoms with E-state index in [1.54, 1.807) is 0 Å². The summed E-state index contributed by atoms with van der Waals surface area (Å²) < 4.78 is 5.71.